The molecule has 3 heterocycles. The van der Waals surface area contributed by atoms with E-state index in [1.165, 1.54) is 16.5 Å². The molecule has 0 atom stereocenters. The van der Waals surface area contributed by atoms with E-state index in [0.717, 1.165) is 45.2 Å². The third-order valence-corrected chi connectivity index (χ3v) is 5.37. The van der Waals surface area contributed by atoms with Crippen LogP contribution in [0.25, 0.3) is 46.1 Å². The Morgan fingerprint density at radius 2 is 2.17 bits per heavy atom. The number of hydrogen-bond donors (Lipinski definition) is 2. The molecule has 1 aliphatic carbocycles. The lowest BCUT2D eigenvalue weighted by molar-refractivity contribution is 1.06. The van der Waals surface area contributed by atoms with Crippen LogP contribution in [-0.2, 0) is 0 Å². The van der Waals surface area contributed by atoms with Crippen LogP contribution in [0, 0.1) is 0 Å². The summed E-state index contributed by atoms with van der Waals surface area (Å²) in [7, 11) is 0. The second-order valence-electron chi connectivity index (χ2n) is 7.32. The number of nitrogens with zero attached hydrogens (tertiary/aromatic N) is 3. The first-order valence-corrected chi connectivity index (χ1v) is 9.88. The van der Waals surface area contributed by atoms with Gasteiger partial charge in [0.25, 0.3) is 0 Å². The van der Waals surface area contributed by atoms with Gasteiger partial charge in [-0.05, 0) is 48.3 Å². The first-order chi connectivity index (χ1) is 14.7. The van der Waals surface area contributed by atoms with E-state index in [2.05, 4.69) is 74.2 Å². The number of rotatable bonds is 4. The third kappa shape index (κ3) is 3.20. The van der Waals surface area contributed by atoms with Gasteiger partial charge in [0.05, 0.1) is 22.9 Å². The Morgan fingerprint density at radius 1 is 1.23 bits per heavy atom. The molecule has 0 fully saturated rings. The molecule has 1 aromatic carbocycles. The first kappa shape index (κ1) is 18.1. The molecule has 0 spiro atoms. The predicted octanol–water partition coefficient (Wildman–Crippen LogP) is 3.99. The van der Waals surface area contributed by atoms with Gasteiger partial charge >= 0.3 is 0 Å². The summed E-state index contributed by atoms with van der Waals surface area (Å²) in [6.07, 6.45) is 16.7. The van der Waals surface area contributed by atoms with E-state index in [1.54, 1.807) is 18.6 Å². The summed E-state index contributed by atoms with van der Waals surface area (Å²) in [6.45, 7) is 6.26. The minimum Gasteiger partial charge on any atom is -0.353 e. The quantitative estimate of drug-likeness (QED) is 0.553. The lowest BCUT2D eigenvalue weighted by atomic mass is 10.0. The van der Waals surface area contributed by atoms with Gasteiger partial charge in [-0.15, -0.1) is 0 Å². The van der Waals surface area contributed by atoms with Crippen LogP contribution in [0.15, 0.2) is 67.2 Å². The zero-order valence-electron chi connectivity index (χ0n) is 16.7. The minimum absolute atomic E-state index is 0.824. The van der Waals surface area contributed by atoms with E-state index in [9.17, 15) is 0 Å². The van der Waals surface area contributed by atoms with Gasteiger partial charge in [-0.3, -0.25) is 15.1 Å². The van der Waals surface area contributed by atoms with Crippen LogP contribution in [0.2, 0.25) is 0 Å². The molecule has 0 aliphatic heterocycles. The standard InChI is InChI=1S/C25H21N5/c1-16(24-15-26-12-13-27-24)10-11-21-17(2)25(30-29-21)23-14-20-19(18-6-3-4-7-18)8-5-9-22(20)28-23/h3,5-15,28-29H,2,4H2,1H3/b16-10+,21-11+. The van der Waals surface area contributed by atoms with Gasteiger partial charge in [-0.25, -0.2) is 0 Å². The molecule has 0 radical (unpaired) electrons. The van der Waals surface area contributed by atoms with Crippen molar-refractivity contribution in [2.24, 2.45) is 0 Å². The molecule has 0 unspecified atom stereocenters. The van der Waals surface area contributed by atoms with Crippen molar-refractivity contribution in [1.82, 2.24) is 25.1 Å². The molecular weight excluding hydrogens is 370 g/mol. The highest BCUT2D eigenvalue weighted by Gasteiger charge is 2.12. The van der Waals surface area contributed by atoms with Gasteiger partial charge < -0.3 is 4.98 Å². The number of nitrogens with one attached hydrogen (secondary N) is 2. The molecule has 0 amide bonds. The molecular formula is C25H21N5. The molecule has 1 aliphatic rings. The maximum Gasteiger partial charge on any atom is 0.116 e. The molecule has 0 saturated heterocycles. The zero-order valence-corrected chi connectivity index (χ0v) is 16.7. The maximum atomic E-state index is 4.52. The normalized spacial score (nSPS) is 14.6. The fraction of sp³-hybridized carbons (Fsp3) is 0.0800. The monoisotopic (exact) mass is 391 g/mol. The Labute approximate surface area is 173 Å². The molecule has 3 aromatic heterocycles. The Balaban J connectivity index is 1.54. The Kier molecular flexibility index (Phi) is 4.48. The lowest BCUT2D eigenvalue weighted by Gasteiger charge is -2.01. The van der Waals surface area contributed by atoms with Crippen molar-refractivity contribution in [3.05, 3.63) is 89.0 Å². The van der Waals surface area contributed by atoms with Crippen molar-refractivity contribution in [3.8, 4) is 11.4 Å². The number of fused-ring (bicyclic) bond motifs is 1. The fourth-order valence-corrected chi connectivity index (χ4v) is 3.73. The van der Waals surface area contributed by atoms with E-state index in [0.29, 0.717) is 0 Å². The second kappa shape index (κ2) is 7.44. The van der Waals surface area contributed by atoms with Crippen LogP contribution < -0.4 is 10.6 Å². The van der Waals surface area contributed by atoms with E-state index >= 15 is 0 Å². The minimum atomic E-state index is 0.824. The van der Waals surface area contributed by atoms with Gasteiger partial charge in [-0.2, -0.15) is 5.10 Å². The van der Waals surface area contributed by atoms with Gasteiger partial charge in [0.2, 0.25) is 0 Å². The molecule has 30 heavy (non-hydrogen) atoms. The Bertz CT molecular complexity index is 1430. The van der Waals surface area contributed by atoms with Crippen LogP contribution >= 0.6 is 0 Å². The van der Waals surface area contributed by atoms with Crippen molar-refractivity contribution >= 4 is 34.7 Å². The fourth-order valence-electron chi connectivity index (χ4n) is 3.73. The van der Waals surface area contributed by atoms with Crippen LogP contribution in [-0.4, -0.2) is 25.1 Å². The third-order valence-electron chi connectivity index (χ3n) is 5.37. The first-order valence-electron chi connectivity index (χ1n) is 9.88. The predicted molar refractivity (Wildman–Crippen MR) is 123 cm³/mol. The Hall–Kier alpha value is -3.99. The number of hydrogen-bond acceptors (Lipinski definition) is 3. The average Bonchev–Trinajstić information content (AvgIpc) is 3.52. The Morgan fingerprint density at radius 3 is 2.97 bits per heavy atom. The van der Waals surface area contributed by atoms with E-state index < -0.39 is 0 Å². The summed E-state index contributed by atoms with van der Waals surface area (Å²) in [5, 5.41) is 10.5. The number of benzene rings is 1. The van der Waals surface area contributed by atoms with Crippen LogP contribution in [0.3, 0.4) is 0 Å². The summed E-state index contributed by atoms with van der Waals surface area (Å²) in [6, 6.07) is 8.50. The highest BCUT2D eigenvalue weighted by Crippen LogP contribution is 2.31. The second-order valence-corrected chi connectivity index (χ2v) is 7.32. The molecule has 0 bridgehead atoms. The summed E-state index contributed by atoms with van der Waals surface area (Å²) in [5.41, 5.74) is 7.24. The van der Waals surface area contributed by atoms with Crippen LogP contribution in [0.5, 0.6) is 0 Å². The lowest BCUT2D eigenvalue weighted by Crippen LogP contribution is -2.21. The highest BCUT2D eigenvalue weighted by molar-refractivity contribution is 5.97. The molecule has 5 heteroatoms. The van der Waals surface area contributed by atoms with Crippen molar-refractivity contribution < 1.29 is 0 Å². The molecule has 0 saturated carbocycles. The highest BCUT2D eigenvalue weighted by atomic mass is 15.1. The van der Waals surface area contributed by atoms with Crippen LogP contribution in [0.1, 0.15) is 24.6 Å². The van der Waals surface area contributed by atoms with Crippen molar-refractivity contribution in [2.45, 2.75) is 13.3 Å². The van der Waals surface area contributed by atoms with Crippen LogP contribution in [0.4, 0.5) is 0 Å². The summed E-state index contributed by atoms with van der Waals surface area (Å²) in [4.78, 5) is 11.9. The van der Waals surface area contributed by atoms with E-state index in [4.69, 9.17) is 0 Å². The van der Waals surface area contributed by atoms with Gasteiger partial charge in [0, 0.05) is 28.5 Å². The van der Waals surface area contributed by atoms with E-state index in [-0.39, 0.29) is 0 Å². The summed E-state index contributed by atoms with van der Waals surface area (Å²) in [5.74, 6) is 0. The SMILES string of the molecule is C=c1c(-c2cc3c(C4=CCC=C4)cccc3[nH]2)n[nH]/c1=C/C=C(\C)c1cnccn1. The number of allylic oxidation sites excluding steroid dienone is 6. The van der Waals surface area contributed by atoms with Gasteiger partial charge in [-0.1, -0.05) is 43.0 Å². The molecule has 4 aromatic rings. The number of H-pyrrole nitrogens is 2. The topological polar surface area (TPSA) is 70.2 Å². The van der Waals surface area contributed by atoms with Crippen molar-refractivity contribution in [1.29, 1.82) is 0 Å². The smallest absolute Gasteiger partial charge is 0.116 e. The molecule has 2 N–H and O–H groups in total. The van der Waals surface area contributed by atoms with Crippen molar-refractivity contribution in [3.63, 3.8) is 0 Å². The summed E-state index contributed by atoms with van der Waals surface area (Å²) < 4.78 is 0. The molecule has 146 valence electrons. The molecule has 5 rings (SSSR count). The number of aromatic amines is 2. The largest absolute Gasteiger partial charge is 0.353 e. The van der Waals surface area contributed by atoms with Gasteiger partial charge in [0.1, 0.15) is 5.69 Å². The molecule has 5 nitrogen and oxygen atoms in total. The summed E-state index contributed by atoms with van der Waals surface area (Å²) >= 11 is 0. The maximum absolute atomic E-state index is 4.52. The number of aromatic nitrogens is 5. The van der Waals surface area contributed by atoms with Gasteiger partial charge in [0.15, 0.2) is 0 Å². The average molecular weight is 391 g/mol. The van der Waals surface area contributed by atoms with E-state index in [1.807, 2.05) is 19.1 Å². The zero-order chi connectivity index (χ0) is 20.5. The van der Waals surface area contributed by atoms with Crippen molar-refractivity contribution in [2.75, 3.05) is 0 Å².